The third-order valence-corrected chi connectivity index (χ3v) is 8.54. The fraction of sp³-hybridized carbons (Fsp3) is 0.414. The van der Waals surface area contributed by atoms with Crippen LogP contribution in [0.1, 0.15) is 41.4 Å². The zero-order chi connectivity index (χ0) is 25.6. The summed E-state index contributed by atoms with van der Waals surface area (Å²) in [6.07, 6.45) is 2.26. The van der Waals surface area contributed by atoms with Crippen LogP contribution >= 0.6 is 0 Å². The highest BCUT2D eigenvalue weighted by Crippen LogP contribution is 2.41. The molecule has 3 fully saturated rings. The number of likely N-dealkylation sites (tertiary alicyclic amines) is 2. The maximum Gasteiger partial charge on any atom is 0.410 e. The van der Waals surface area contributed by atoms with Crippen molar-refractivity contribution < 1.29 is 19.1 Å². The lowest BCUT2D eigenvalue weighted by molar-refractivity contribution is -0.131. The van der Waals surface area contributed by atoms with Gasteiger partial charge in [0, 0.05) is 44.1 Å². The van der Waals surface area contributed by atoms with Gasteiger partial charge in [-0.15, -0.1) is 0 Å². The summed E-state index contributed by atoms with van der Waals surface area (Å²) in [5.41, 5.74) is 2.78. The average molecular weight is 501 g/mol. The molecule has 0 aliphatic carbocycles. The fourth-order valence-electron chi connectivity index (χ4n) is 6.22. The minimum absolute atomic E-state index is 0.0279. The van der Waals surface area contributed by atoms with Gasteiger partial charge in [-0.1, -0.05) is 48.5 Å². The van der Waals surface area contributed by atoms with Crippen molar-refractivity contribution in [1.82, 2.24) is 19.3 Å². The van der Waals surface area contributed by atoms with Gasteiger partial charge in [-0.2, -0.15) is 0 Å². The predicted molar refractivity (Wildman–Crippen MR) is 139 cm³/mol. The van der Waals surface area contributed by atoms with Gasteiger partial charge in [0.15, 0.2) is 0 Å². The van der Waals surface area contributed by atoms with E-state index >= 15 is 0 Å². The Morgan fingerprint density at radius 1 is 0.946 bits per heavy atom. The van der Waals surface area contributed by atoms with Crippen molar-refractivity contribution in [1.29, 1.82) is 0 Å². The van der Waals surface area contributed by atoms with Crippen molar-refractivity contribution >= 4 is 28.8 Å². The molecule has 6 rings (SSSR count). The Morgan fingerprint density at radius 3 is 2.35 bits per heavy atom. The van der Waals surface area contributed by atoms with Gasteiger partial charge in [0.1, 0.15) is 18.8 Å². The molecule has 2 aromatic carbocycles. The maximum absolute atomic E-state index is 13.3. The topological polar surface area (TPSA) is 75.1 Å². The van der Waals surface area contributed by atoms with Crippen LogP contribution in [0, 0.1) is 5.41 Å². The number of hydrogen-bond donors (Lipinski definition) is 0. The van der Waals surface area contributed by atoms with E-state index in [9.17, 15) is 14.4 Å². The van der Waals surface area contributed by atoms with Gasteiger partial charge in [0.05, 0.1) is 6.04 Å². The highest BCUT2D eigenvalue weighted by atomic mass is 16.6. The van der Waals surface area contributed by atoms with E-state index in [0.29, 0.717) is 31.9 Å². The zero-order valence-corrected chi connectivity index (χ0v) is 21.1. The summed E-state index contributed by atoms with van der Waals surface area (Å²) in [5.74, 6) is 0.0321. The Labute approximate surface area is 216 Å². The third kappa shape index (κ3) is 4.24. The first-order chi connectivity index (χ1) is 17.9. The minimum atomic E-state index is -0.434. The molecule has 37 heavy (non-hydrogen) atoms. The van der Waals surface area contributed by atoms with Crippen LogP contribution in [-0.4, -0.2) is 76.5 Å². The van der Waals surface area contributed by atoms with Crippen molar-refractivity contribution in [3.63, 3.8) is 0 Å². The highest BCUT2D eigenvalue weighted by Gasteiger charge is 2.44. The Morgan fingerprint density at radius 2 is 1.62 bits per heavy atom. The first-order valence-corrected chi connectivity index (χ1v) is 13.0. The van der Waals surface area contributed by atoms with Gasteiger partial charge in [0.25, 0.3) is 5.91 Å². The molecule has 1 aromatic heterocycles. The number of fused-ring (bicyclic) bond motifs is 1. The number of carbonyl (C=O) groups is 3. The van der Waals surface area contributed by atoms with Crippen LogP contribution in [0.5, 0.6) is 0 Å². The summed E-state index contributed by atoms with van der Waals surface area (Å²) in [5, 5.41) is 1.07. The Kier molecular flexibility index (Phi) is 5.89. The van der Waals surface area contributed by atoms with Crippen molar-refractivity contribution in [3.05, 3.63) is 71.9 Å². The summed E-state index contributed by atoms with van der Waals surface area (Å²) < 4.78 is 7.26. The molecule has 3 aliphatic heterocycles. The number of piperidine rings is 1. The van der Waals surface area contributed by atoms with Gasteiger partial charge in [-0.05, 0) is 42.4 Å². The van der Waals surface area contributed by atoms with E-state index in [1.54, 1.807) is 4.90 Å². The van der Waals surface area contributed by atoms with E-state index in [1.807, 2.05) is 82.1 Å². The van der Waals surface area contributed by atoms with Crippen LogP contribution in [-0.2, 0) is 16.6 Å². The SMILES string of the molecule is Cn1c(C(=O)N2CCC3(CCN(C(=O)CN4C(=O)OC[C@@H]4c4ccccc4)C3)CC2)cc2ccccc21. The Bertz CT molecular complexity index is 1340. The van der Waals surface area contributed by atoms with Gasteiger partial charge in [-0.3, -0.25) is 14.5 Å². The number of benzene rings is 2. The summed E-state index contributed by atoms with van der Waals surface area (Å²) in [6.45, 7) is 3.05. The van der Waals surface area contributed by atoms with Gasteiger partial charge in [0.2, 0.25) is 5.91 Å². The molecule has 0 saturated carbocycles. The second-order valence-corrected chi connectivity index (χ2v) is 10.6. The number of hydrogen-bond acceptors (Lipinski definition) is 4. The maximum atomic E-state index is 13.3. The summed E-state index contributed by atoms with van der Waals surface area (Å²) >= 11 is 0. The zero-order valence-electron chi connectivity index (χ0n) is 21.1. The standard InChI is InChI=1S/C29H32N4O4/c1-30-23-10-6-5-9-22(23)17-24(30)27(35)31-14-11-29(12-15-31)13-16-32(20-29)26(34)18-33-25(19-37-28(33)36)21-7-3-2-4-8-21/h2-10,17,25H,11-16,18-20H2,1H3/t25-/m1/s1. The molecule has 3 aliphatic rings. The molecule has 3 saturated heterocycles. The van der Waals surface area contributed by atoms with Crippen molar-refractivity contribution in [3.8, 4) is 0 Å². The number of para-hydroxylation sites is 1. The lowest BCUT2D eigenvalue weighted by atomic mass is 9.77. The first-order valence-electron chi connectivity index (χ1n) is 13.0. The average Bonchev–Trinajstić information content (AvgIpc) is 3.61. The molecule has 1 spiro atoms. The molecule has 8 nitrogen and oxygen atoms in total. The van der Waals surface area contributed by atoms with Crippen LogP contribution < -0.4 is 0 Å². The molecular formula is C29H32N4O4. The quantitative estimate of drug-likeness (QED) is 0.546. The van der Waals surface area contributed by atoms with Crippen LogP contribution in [0.15, 0.2) is 60.7 Å². The number of amides is 3. The monoisotopic (exact) mass is 500 g/mol. The number of ether oxygens (including phenoxy) is 1. The van der Waals surface area contributed by atoms with Crippen molar-refractivity contribution in [2.24, 2.45) is 12.5 Å². The van der Waals surface area contributed by atoms with Gasteiger partial charge >= 0.3 is 6.09 Å². The van der Waals surface area contributed by atoms with Crippen molar-refractivity contribution in [2.45, 2.75) is 25.3 Å². The summed E-state index contributed by atoms with van der Waals surface area (Å²) in [4.78, 5) is 44.4. The van der Waals surface area contributed by atoms with E-state index in [4.69, 9.17) is 4.74 Å². The molecular weight excluding hydrogens is 468 g/mol. The van der Waals surface area contributed by atoms with Gasteiger partial charge in [-0.25, -0.2) is 4.79 Å². The van der Waals surface area contributed by atoms with Crippen LogP contribution in [0.4, 0.5) is 4.79 Å². The molecule has 4 heterocycles. The van der Waals surface area contributed by atoms with E-state index in [2.05, 4.69) is 0 Å². The second kappa shape index (κ2) is 9.25. The van der Waals surface area contributed by atoms with Crippen LogP contribution in [0.2, 0.25) is 0 Å². The molecule has 0 N–H and O–H groups in total. The number of aromatic nitrogens is 1. The van der Waals surface area contributed by atoms with Crippen LogP contribution in [0.25, 0.3) is 10.9 Å². The smallest absolute Gasteiger partial charge is 0.410 e. The number of cyclic esters (lactones) is 1. The molecule has 0 unspecified atom stereocenters. The molecule has 192 valence electrons. The number of carbonyl (C=O) groups excluding carboxylic acids is 3. The number of rotatable bonds is 4. The molecule has 8 heteroatoms. The first kappa shape index (κ1) is 23.6. The van der Waals surface area contributed by atoms with E-state index in [-0.39, 0.29) is 36.4 Å². The van der Waals surface area contributed by atoms with Crippen molar-refractivity contribution in [2.75, 3.05) is 39.3 Å². The number of nitrogens with zero attached hydrogens (tertiary/aromatic N) is 4. The lowest BCUT2D eigenvalue weighted by Crippen LogP contribution is -2.46. The molecule has 3 amide bonds. The number of aryl methyl sites for hydroxylation is 1. The molecule has 0 bridgehead atoms. The van der Waals surface area contributed by atoms with Crippen LogP contribution in [0.3, 0.4) is 0 Å². The minimum Gasteiger partial charge on any atom is -0.447 e. The summed E-state index contributed by atoms with van der Waals surface area (Å²) in [6, 6.07) is 19.5. The van der Waals surface area contributed by atoms with E-state index < -0.39 is 6.09 Å². The molecule has 0 radical (unpaired) electrons. The molecule has 3 aromatic rings. The third-order valence-electron chi connectivity index (χ3n) is 8.54. The van der Waals surface area contributed by atoms with E-state index in [1.165, 1.54) is 0 Å². The fourth-order valence-corrected chi connectivity index (χ4v) is 6.22. The molecule has 1 atom stereocenters. The summed E-state index contributed by atoms with van der Waals surface area (Å²) in [7, 11) is 1.94. The van der Waals surface area contributed by atoms with E-state index in [0.717, 1.165) is 35.7 Å². The van der Waals surface area contributed by atoms with Gasteiger partial charge < -0.3 is 19.1 Å². The Balaban J connectivity index is 1.07. The second-order valence-electron chi connectivity index (χ2n) is 10.6. The highest BCUT2D eigenvalue weighted by molar-refractivity contribution is 5.98. The Hall–Kier alpha value is -3.81. The predicted octanol–water partition coefficient (Wildman–Crippen LogP) is 3.83. The lowest BCUT2D eigenvalue weighted by Gasteiger charge is -2.39. The largest absolute Gasteiger partial charge is 0.447 e. The normalized spacial score (nSPS) is 21.2.